The Labute approximate surface area is 193 Å². The highest BCUT2D eigenvalue weighted by Crippen LogP contribution is 2.25. The molecule has 0 spiro atoms. The molecule has 2 aromatic carbocycles. The van der Waals surface area contributed by atoms with Crippen LogP contribution in [0.25, 0.3) is 0 Å². The van der Waals surface area contributed by atoms with Crippen LogP contribution in [0.5, 0.6) is 0 Å². The Kier molecular flexibility index (Phi) is 8.84. The number of carbonyl (C=O) groups is 2. The van der Waals surface area contributed by atoms with Crippen molar-refractivity contribution >= 4 is 23.2 Å². The fourth-order valence-electron chi connectivity index (χ4n) is 3.47. The summed E-state index contributed by atoms with van der Waals surface area (Å²) in [4.78, 5) is 29.8. The van der Waals surface area contributed by atoms with E-state index in [0.29, 0.717) is 23.4 Å². The number of hydrogen-bond donors (Lipinski definition) is 2. The van der Waals surface area contributed by atoms with Gasteiger partial charge in [0.05, 0.1) is 5.56 Å². The SMILES string of the molecule is CCN(CC)CCNC(=O)c1cc(NC(=O)c2ccc(C(C)(C)C)cc2)ccc1N(C)C. The summed E-state index contributed by atoms with van der Waals surface area (Å²) in [5, 5.41) is 5.93. The molecule has 0 unspecified atom stereocenters. The van der Waals surface area contributed by atoms with Crippen LogP contribution in [0.4, 0.5) is 11.4 Å². The average molecular weight is 439 g/mol. The highest BCUT2D eigenvalue weighted by atomic mass is 16.2. The highest BCUT2D eigenvalue weighted by Gasteiger charge is 2.17. The van der Waals surface area contributed by atoms with Gasteiger partial charge in [-0.2, -0.15) is 0 Å². The van der Waals surface area contributed by atoms with Crippen molar-refractivity contribution in [3.63, 3.8) is 0 Å². The van der Waals surface area contributed by atoms with Gasteiger partial charge in [0, 0.05) is 44.1 Å². The van der Waals surface area contributed by atoms with E-state index in [0.717, 1.165) is 25.3 Å². The number of amides is 2. The van der Waals surface area contributed by atoms with Crippen molar-refractivity contribution in [2.45, 2.75) is 40.0 Å². The maximum absolute atomic E-state index is 12.9. The van der Waals surface area contributed by atoms with Gasteiger partial charge in [0.1, 0.15) is 0 Å². The average Bonchev–Trinajstić information content (AvgIpc) is 2.75. The minimum Gasteiger partial charge on any atom is -0.377 e. The lowest BCUT2D eigenvalue weighted by molar-refractivity contribution is 0.0948. The van der Waals surface area contributed by atoms with Crippen LogP contribution in [0, 0.1) is 0 Å². The molecule has 0 fully saturated rings. The van der Waals surface area contributed by atoms with E-state index in [1.54, 1.807) is 6.07 Å². The molecular formula is C26H38N4O2. The van der Waals surface area contributed by atoms with Gasteiger partial charge in [-0.3, -0.25) is 9.59 Å². The molecule has 0 saturated heterocycles. The Morgan fingerprint density at radius 1 is 0.906 bits per heavy atom. The predicted molar refractivity (Wildman–Crippen MR) is 134 cm³/mol. The van der Waals surface area contributed by atoms with Gasteiger partial charge in [-0.1, -0.05) is 46.8 Å². The van der Waals surface area contributed by atoms with Gasteiger partial charge in [0.15, 0.2) is 0 Å². The minimum absolute atomic E-state index is 0.0323. The first kappa shape index (κ1) is 25.4. The number of likely N-dealkylation sites (N-methyl/N-ethyl adjacent to an activating group) is 1. The number of anilines is 2. The quantitative estimate of drug-likeness (QED) is 0.610. The van der Waals surface area contributed by atoms with Crippen LogP contribution in [0.3, 0.4) is 0 Å². The fraction of sp³-hybridized carbons (Fsp3) is 0.462. The summed E-state index contributed by atoms with van der Waals surface area (Å²) in [7, 11) is 3.80. The summed E-state index contributed by atoms with van der Waals surface area (Å²) in [6.07, 6.45) is 0. The lowest BCUT2D eigenvalue weighted by atomic mass is 9.87. The third-order valence-electron chi connectivity index (χ3n) is 5.60. The molecule has 2 amide bonds. The van der Waals surface area contributed by atoms with E-state index in [1.165, 1.54) is 5.56 Å². The lowest BCUT2D eigenvalue weighted by Crippen LogP contribution is -2.35. The lowest BCUT2D eigenvalue weighted by Gasteiger charge is -2.21. The van der Waals surface area contributed by atoms with Crippen LogP contribution in [0.2, 0.25) is 0 Å². The van der Waals surface area contributed by atoms with Crippen LogP contribution in [0.15, 0.2) is 42.5 Å². The van der Waals surface area contributed by atoms with E-state index >= 15 is 0 Å². The molecule has 0 heterocycles. The summed E-state index contributed by atoms with van der Waals surface area (Å²) in [5.74, 6) is -0.345. The molecule has 174 valence electrons. The third kappa shape index (κ3) is 6.82. The van der Waals surface area contributed by atoms with Gasteiger partial charge in [-0.15, -0.1) is 0 Å². The van der Waals surface area contributed by atoms with Gasteiger partial charge in [0.25, 0.3) is 11.8 Å². The Balaban J connectivity index is 2.15. The highest BCUT2D eigenvalue weighted by molar-refractivity contribution is 6.06. The van der Waals surface area contributed by atoms with E-state index < -0.39 is 0 Å². The van der Waals surface area contributed by atoms with E-state index in [1.807, 2.05) is 55.4 Å². The first-order chi connectivity index (χ1) is 15.1. The Bertz CT molecular complexity index is 910. The third-order valence-corrected chi connectivity index (χ3v) is 5.60. The van der Waals surface area contributed by atoms with Crippen molar-refractivity contribution in [2.75, 3.05) is 50.5 Å². The number of rotatable bonds is 9. The monoisotopic (exact) mass is 438 g/mol. The van der Waals surface area contributed by atoms with Crippen LogP contribution < -0.4 is 15.5 Å². The molecule has 32 heavy (non-hydrogen) atoms. The van der Waals surface area contributed by atoms with Gasteiger partial charge in [-0.05, 0) is 54.4 Å². The Morgan fingerprint density at radius 3 is 2.06 bits per heavy atom. The molecule has 0 atom stereocenters. The number of carbonyl (C=O) groups excluding carboxylic acids is 2. The van der Waals surface area contributed by atoms with Crippen molar-refractivity contribution in [3.8, 4) is 0 Å². The van der Waals surface area contributed by atoms with Crippen LogP contribution in [-0.2, 0) is 5.41 Å². The largest absolute Gasteiger partial charge is 0.377 e. The number of nitrogens with zero attached hydrogens (tertiary/aromatic N) is 2. The molecule has 2 rings (SSSR count). The normalized spacial score (nSPS) is 11.4. The van der Waals surface area contributed by atoms with Crippen LogP contribution in [-0.4, -0.2) is 57.0 Å². The van der Waals surface area contributed by atoms with Crippen molar-refractivity contribution in [3.05, 3.63) is 59.2 Å². The maximum atomic E-state index is 12.9. The zero-order chi connectivity index (χ0) is 23.9. The van der Waals surface area contributed by atoms with Gasteiger partial charge in [0.2, 0.25) is 0 Å². The molecule has 0 saturated carbocycles. The van der Waals surface area contributed by atoms with E-state index in [9.17, 15) is 9.59 Å². The molecule has 0 radical (unpaired) electrons. The molecule has 6 nitrogen and oxygen atoms in total. The smallest absolute Gasteiger partial charge is 0.255 e. The summed E-state index contributed by atoms with van der Waals surface area (Å²) >= 11 is 0. The van der Waals surface area contributed by atoms with E-state index in [-0.39, 0.29) is 17.2 Å². The number of nitrogens with one attached hydrogen (secondary N) is 2. The Hall–Kier alpha value is -2.86. The first-order valence-electron chi connectivity index (χ1n) is 11.3. The van der Waals surface area contributed by atoms with Crippen LogP contribution >= 0.6 is 0 Å². The number of hydrogen-bond acceptors (Lipinski definition) is 4. The predicted octanol–water partition coefficient (Wildman–Crippen LogP) is 4.37. The summed E-state index contributed by atoms with van der Waals surface area (Å²) in [5.41, 5.74) is 3.72. The molecule has 2 aromatic rings. The zero-order valence-electron chi connectivity index (χ0n) is 20.6. The van der Waals surface area contributed by atoms with Crippen molar-refractivity contribution < 1.29 is 9.59 Å². The molecule has 0 aliphatic carbocycles. The van der Waals surface area contributed by atoms with Crippen molar-refractivity contribution in [2.24, 2.45) is 0 Å². The number of benzene rings is 2. The summed E-state index contributed by atoms with van der Waals surface area (Å²) < 4.78 is 0. The Morgan fingerprint density at radius 2 is 1.53 bits per heavy atom. The molecule has 0 aromatic heterocycles. The first-order valence-corrected chi connectivity index (χ1v) is 11.3. The van der Waals surface area contributed by atoms with Crippen molar-refractivity contribution in [1.82, 2.24) is 10.2 Å². The summed E-state index contributed by atoms with van der Waals surface area (Å²) in [6.45, 7) is 13.9. The van der Waals surface area contributed by atoms with Gasteiger partial charge >= 0.3 is 0 Å². The van der Waals surface area contributed by atoms with E-state index in [4.69, 9.17) is 0 Å². The minimum atomic E-state index is -0.198. The topological polar surface area (TPSA) is 64.7 Å². The second-order valence-corrected chi connectivity index (χ2v) is 9.19. The van der Waals surface area contributed by atoms with E-state index in [2.05, 4.69) is 50.2 Å². The molecule has 6 heteroatoms. The van der Waals surface area contributed by atoms with Gasteiger partial charge < -0.3 is 20.4 Å². The standard InChI is InChI=1S/C26H38N4O2/c1-8-30(9-2)17-16-27-25(32)22-18-21(14-15-23(22)29(6)7)28-24(31)19-10-12-20(13-11-19)26(3,4)5/h10-15,18H,8-9,16-17H2,1-7H3,(H,27,32)(H,28,31). The second kappa shape index (κ2) is 11.1. The van der Waals surface area contributed by atoms with Gasteiger partial charge in [-0.25, -0.2) is 0 Å². The molecule has 0 bridgehead atoms. The molecular weight excluding hydrogens is 400 g/mol. The second-order valence-electron chi connectivity index (χ2n) is 9.19. The summed E-state index contributed by atoms with van der Waals surface area (Å²) in [6, 6.07) is 13.1. The zero-order valence-corrected chi connectivity index (χ0v) is 20.6. The van der Waals surface area contributed by atoms with Crippen LogP contribution in [0.1, 0.15) is 60.9 Å². The molecule has 0 aliphatic heterocycles. The molecule has 2 N–H and O–H groups in total. The van der Waals surface area contributed by atoms with Crippen molar-refractivity contribution in [1.29, 1.82) is 0 Å². The fourth-order valence-corrected chi connectivity index (χ4v) is 3.47. The molecule has 0 aliphatic rings. The maximum Gasteiger partial charge on any atom is 0.255 e.